The van der Waals surface area contributed by atoms with Gasteiger partial charge in [-0.3, -0.25) is 0 Å². The lowest BCUT2D eigenvalue weighted by molar-refractivity contribution is 0.520. The predicted octanol–water partition coefficient (Wildman–Crippen LogP) is 3.80. The van der Waals surface area contributed by atoms with Gasteiger partial charge in [-0.05, 0) is 30.0 Å². The molecule has 0 radical (unpaired) electrons. The van der Waals surface area contributed by atoms with E-state index >= 15 is 0 Å². The van der Waals surface area contributed by atoms with Crippen LogP contribution < -0.4 is 0 Å². The first-order valence-corrected chi connectivity index (χ1v) is 4.96. The minimum absolute atomic E-state index is 0.124. The minimum atomic E-state index is -0.124. The predicted molar refractivity (Wildman–Crippen MR) is 54.2 cm³/mol. The molecule has 0 aromatic heterocycles. The lowest BCUT2D eigenvalue weighted by Gasteiger charge is -2.09. The van der Waals surface area contributed by atoms with Crippen LogP contribution in [0.2, 0.25) is 0 Å². The Bertz CT molecular complexity index is 255. The molecule has 0 nitrogen and oxygen atoms in total. The molecular weight excluding hydrogens is 163 g/mol. The minimum Gasteiger partial charge on any atom is -0.207 e. The number of hydrogen-bond acceptors (Lipinski definition) is 0. The maximum atomic E-state index is 12.8. The Labute approximate surface area is 79.8 Å². The van der Waals surface area contributed by atoms with Crippen LogP contribution in [0.15, 0.2) is 24.3 Å². The molecule has 0 aliphatic carbocycles. The smallest absolute Gasteiger partial charge is 0.123 e. The monoisotopic (exact) mass is 180 g/mol. The summed E-state index contributed by atoms with van der Waals surface area (Å²) >= 11 is 0. The van der Waals surface area contributed by atoms with Gasteiger partial charge in [0, 0.05) is 0 Å². The van der Waals surface area contributed by atoms with Crippen LogP contribution in [0, 0.1) is 11.7 Å². The molecule has 0 saturated carbocycles. The van der Waals surface area contributed by atoms with E-state index in [2.05, 4.69) is 13.8 Å². The van der Waals surface area contributed by atoms with E-state index < -0.39 is 0 Å². The summed E-state index contributed by atoms with van der Waals surface area (Å²) in [7, 11) is 0. The molecular formula is C12H17F. The highest BCUT2D eigenvalue weighted by Gasteiger charge is 2.02. The van der Waals surface area contributed by atoms with Gasteiger partial charge in [0.2, 0.25) is 0 Å². The summed E-state index contributed by atoms with van der Waals surface area (Å²) in [5, 5.41) is 0. The SMILES string of the molecule is CCCC(C)Cc1cccc(F)c1. The van der Waals surface area contributed by atoms with Gasteiger partial charge in [0.1, 0.15) is 5.82 Å². The molecule has 13 heavy (non-hydrogen) atoms. The van der Waals surface area contributed by atoms with Crippen molar-refractivity contribution >= 4 is 0 Å². The fourth-order valence-electron chi connectivity index (χ4n) is 1.66. The maximum Gasteiger partial charge on any atom is 0.123 e. The molecule has 0 fully saturated rings. The van der Waals surface area contributed by atoms with E-state index in [0.717, 1.165) is 12.0 Å². The lowest BCUT2D eigenvalue weighted by atomic mass is 9.97. The Hall–Kier alpha value is -0.850. The molecule has 1 aromatic carbocycles. The highest BCUT2D eigenvalue weighted by atomic mass is 19.1. The zero-order chi connectivity index (χ0) is 9.68. The molecule has 0 aliphatic rings. The number of halogens is 1. The molecule has 0 amide bonds. The van der Waals surface area contributed by atoms with E-state index in [4.69, 9.17) is 0 Å². The standard InChI is InChI=1S/C12H17F/c1-3-5-10(2)8-11-6-4-7-12(13)9-11/h4,6-7,9-10H,3,5,8H2,1-2H3. The average Bonchev–Trinajstić information content (AvgIpc) is 2.04. The van der Waals surface area contributed by atoms with Crippen molar-refractivity contribution in [2.45, 2.75) is 33.1 Å². The van der Waals surface area contributed by atoms with E-state index in [9.17, 15) is 4.39 Å². The molecule has 1 aromatic rings. The Morgan fingerprint density at radius 2 is 2.15 bits per heavy atom. The third-order valence-corrected chi connectivity index (χ3v) is 2.25. The van der Waals surface area contributed by atoms with Crippen LogP contribution in [0.25, 0.3) is 0 Å². The molecule has 1 rings (SSSR count). The molecule has 0 bridgehead atoms. The van der Waals surface area contributed by atoms with Crippen molar-refractivity contribution in [3.63, 3.8) is 0 Å². The second-order valence-electron chi connectivity index (χ2n) is 3.73. The van der Waals surface area contributed by atoms with Gasteiger partial charge in [-0.2, -0.15) is 0 Å². The van der Waals surface area contributed by atoms with Gasteiger partial charge in [0.15, 0.2) is 0 Å². The fraction of sp³-hybridized carbons (Fsp3) is 0.500. The van der Waals surface area contributed by atoms with Crippen molar-refractivity contribution < 1.29 is 4.39 Å². The van der Waals surface area contributed by atoms with Gasteiger partial charge in [-0.1, -0.05) is 38.8 Å². The van der Waals surface area contributed by atoms with Gasteiger partial charge in [-0.25, -0.2) is 4.39 Å². The highest BCUT2D eigenvalue weighted by Crippen LogP contribution is 2.13. The summed E-state index contributed by atoms with van der Waals surface area (Å²) < 4.78 is 12.8. The second-order valence-corrected chi connectivity index (χ2v) is 3.73. The normalized spacial score (nSPS) is 12.8. The first kappa shape index (κ1) is 10.2. The Kier molecular flexibility index (Phi) is 3.94. The molecule has 1 atom stereocenters. The van der Waals surface area contributed by atoms with E-state index in [0.29, 0.717) is 5.92 Å². The molecule has 1 heteroatoms. The van der Waals surface area contributed by atoms with Crippen molar-refractivity contribution in [3.05, 3.63) is 35.6 Å². The van der Waals surface area contributed by atoms with E-state index in [1.807, 2.05) is 6.07 Å². The maximum absolute atomic E-state index is 12.8. The van der Waals surface area contributed by atoms with Gasteiger partial charge < -0.3 is 0 Å². The fourth-order valence-corrected chi connectivity index (χ4v) is 1.66. The van der Waals surface area contributed by atoms with Gasteiger partial charge in [0.05, 0.1) is 0 Å². The number of rotatable bonds is 4. The molecule has 0 aliphatic heterocycles. The Balaban J connectivity index is 2.53. The first-order chi connectivity index (χ1) is 6.22. The largest absolute Gasteiger partial charge is 0.207 e. The molecule has 0 N–H and O–H groups in total. The molecule has 1 unspecified atom stereocenters. The molecule has 0 saturated heterocycles. The average molecular weight is 180 g/mol. The Morgan fingerprint density at radius 3 is 2.77 bits per heavy atom. The zero-order valence-corrected chi connectivity index (χ0v) is 8.39. The number of hydrogen-bond donors (Lipinski definition) is 0. The van der Waals surface area contributed by atoms with Gasteiger partial charge in [-0.15, -0.1) is 0 Å². The second kappa shape index (κ2) is 5.00. The summed E-state index contributed by atoms with van der Waals surface area (Å²) in [5.74, 6) is 0.535. The molecule has 72 valence electrons. The third-order valence-electron chi connectivity index (χ3n) is 2.25. The summed E-state index contributed by atoms with van der Waals surface area (Å²) in [6.45, 7) is 4.40. The van der Waals surface area contributed by atoms with Crippen LogP contribution in [0.5, 0.6) is 0 Å². The van der Waals surface area contributed by atoms with Crippen LogP contribution in [0.3, 0.4) is 0 Å². The summed E-state index contributed by atoms with van der Waals surface area (Å²) in [6, 6.07) is 6.90. The Morgan fingerprint density at radius 1 is 1.38 bits per heavy atom. The molecule has 0 spiro atoms. The summed E-state index contributed by atoms with van der Waals surface area (Å²) in [6.07, 6.45) is 3.42. The summed E-state index contributed by atoms with van der Waals surface area (Å²) in [4.78, 5) is 0. The quantitative estimate of drug-likeness (QED) is 0.661. The van der Waals surface area contributed by atoms with Crippen molar-refractivity contribution in [1.82, 2.24) is 0 Å². The van der Waals surface area contributed by atoms with Crippen LogP contribution in [-0.2, 0) is 6.42 Å². The highest BCUT2D eigenvalue weighted by molar-refractivity contribution is 5.16. The molecule has 0 heterocycles. The third kappa shape index (κ3) is 3.58. The van der Waals surface area contributed by atoms with Crippen molar-refractivity contribution in [3.8, 4) is 0 Å². The van der Waals surface area contributed by atoms with E-state index in [1.165, 1.54) is 18.9 Å². The van der Waals surface area contributed by atoms with Crippen molar-refractivity contribution in [2.75, 3.05) is 0 Å². The number of benzene rings is 1. The first-order valence-electron chi connectivity index (χ1n) is 4.96. The van der Waals surface area contributed by atoms with Gasteiger partial charge >= 0.3 is 0 Å². The van der Waals surface area contributed by atoms with Crippen LogP contribution in [0.1, 0.15) is 32.3 Å². The van der Waals surface area contributed by atoms with E-state index in [1.54, 1.807) is 12.1 Å². The topological polar surface area (TPSA) is 0 Å². The zero-order valence-electron chi connectivity index (χ0n) is 8.39. The van der Waals surface area contributed by atoms with Crippen LogP contribution in [0.4, 0.5) is 4.39 Å². The van der Waals surface area contributed by atoms with Crippen molar-refractivity contribution in [2.24, 2.45) is 5.92 Å². The van der Waals surface area contributed by atoms with Crippen LogP contribution >= 0.6 is 0 Å². The summed E-state index contributed by atoms with van der Waals surface area (Å²) in [5.41, 5.74) is 1.11. The lowest BCUT2D eigenvalue weighted by Crippen LogP contribution is -1.99. The van der Waals surface area contributed by atoms with E-state index in [-0.39, 0.29) is 5.82 Å². The van der Waals surface area contributed by atoms with Crippen LogP contribution in [-0.4, -0.2) is 0 Å². The van der Waals surface area contributed by atoms with Crippen molar-refractivity contribution in [1.29, 1.82) is 0 Å². The van der Waals surface area contributed by atoms with Gasteiger partial charge in [0.25, 0.3) is 0 Å².